The van der Waals surface area contributed by atoms with Gasteiger partial charge in [-0.3, -0.25) is 0 Å². The number of aromatic hydroxyl groups is 1. The van der Waals surface area contributed by atoms with Gasteiger partial charge in [0.05, 0.1) is 0 Å². The van der Waals surface area contributed by atoms with Gasteiger partial charge in [0.2, 0.25) is 0 Å². The molecule has 1 N–H and O–H groups in total. The summed E-state index contributed by atoms with van der Waals surface area (Å²) in [5, 5.41) is 8.92. The third-order valence-corrected chi connectivity index (χ3v) is 5.72. The van der Waals surface area contributed by atoms with Crippen molar-refractivity contribution in [1.29, 1.82) is 0 Å². The lowest BCUT2D eigenvalue weighted by Gasteiger charge is -2.24. The molecule has 0 unspecified atom stereocenters. The van der Waals surface area contributed by atoms with Gasteiger partial charge in [0.1, 0.15) is 17.6 Å². The minimum atomic E-state index is 0.0514. The summed E-state index contributed by atoms with van der Waals surface area (Å²) in [4.78, 5) is 2.35. The molecule has 1 atom stereocenters. The van der Waals surface area contributed by atoms with Crippen LogP contribution in [0.1, 0.15) is 76.3 Å². The molecule has 0 aliphatic heterocycles. The maximum atomic E-state index is 8.92. The van der Waals surface area contributed by atoms with Gasteiger partial charge >= 0.3 is 0 Å². The predicted molar refractivity (Wildman–Crippen MR) is 189 cm³/mol. The summed E-state index contributed by atoms with van der Waals surface area (Å²) in [7, 11) is 2.17. The predicted octanol–water partition coefficient (Wildman–Crippen LogP) is 11.2. The first-order chi connectivity index (χ1) is 20.7. The van der Waals surface area contributed by atoms with Gasteiger partial charge in [0.25, 0.3) is 0 Å². The standard InChI is InChI=1S/C24H27NO.C7H8O.C4H10.C3H6.C2H6/c1-20-11-9-10-16-23(20)26-24(22-14-7-4-8-15-22)17-18-25(2)19-21-12-5-3-6-13-21;1-6-4-2-3-5-7(6)8;1-4(2)3;1-3-2;1-2/h3-16,24H,17-19H2,1-2H3;2-5,8H,1H3;4H,1-3H3;3H,1H2,2H3;1-2H3/t24-;;;;/m0..../s1. The molecule has 3 heteroatoms. The third-order valence-electron chi connectivity index (χ3n) is 5.72. The topological polar surface area (TPSA) is 32.7 Å². The summed E-state index contributed by atoms with van der Waals surface area (Å²) in [5.41, 5.74) is 4.66. The third kappa shape index (κ3) is 19.1. The van der Waals surface area contributed by atoms with Crippen LogP contribution in [-0.2, 0) is 6.54 Å². The minimum absolute atomic E-state index is 0.0514. The quantitative estimate of drug-likeness (QED) is 0.209. The van der Waals surface area contributed by atoms with E-state index in [1.165, 1.54) is 16.7 Å². The SMILES string of the molecule is C=CC.CC.CC(C)C.Cc1ccccc1O.Cc1ccccc1O[C@@H](CCN(C)Cc1ccccc1)c1ccccc1. The number of ether oxygens (including phenoxy) is 1. The van der Waals surface area contributed by atoms with Crippen LogP contribution in [0.5, 0.6) is 11.5 Å². The Morgan fingerprint density at radius 3 is 1.65 bits per heavy atom. The van der Waals surface area contributed by atoms with Gasteiger partial charge in [-0.05, 0) is 68.1 Å². The van der Waals surface area contributed by atoms with Gasteiger partial charge in [-0.25, -0.2) is 0 Å². The molecule has 4 rings (SSSR count). The number of allylic oxidation sites excluding steroid dienone is 1. The highest BCUT2D eigenvalue weighted by atomic mass is 16.5. The number of nitrogens with zero attached hydrogens (tertiary/aromatic N) is 1. The summed E-state index contributed by atoms with van der Waals surface area (Å²) in [6, 6.07) is 36.6. The van der Waals surface area contributed by atoms with Crippen LogP contribution in [0.3, 0.4) is 0 Å². The fourth-order valence-corrected chi connectivity index (χ4v) is 3.68. The lowest BCUT2D eigenvalue weighted by Crippen LogP contribution is -2.22. The zero-order chi connectivity index (χ0) is 32.5. The number of para-hydroxylation sites is 2. The van der Waals surface area contributed by atoms with E-state index in [0.717, 1.165) is 36.7 Å². The van der Waals surface area contributed by atoms with Crippen molar-refractivity contribution in [3.63, 3.8) is 0 Å². The van der Waals surface area contributed by atoms with Gasteiger partial charge in [0.15, 0.2) is 0 Å². The molecule has 0 heterocycles. The molecule has 0 saturated heterocycles. The van der Waals surface area contributed by atoms with Crippen molar-refractivity contribution in [2.75, 3.05) is 13.6 Å². The maximum absolute atomic E-state index is 8.92. The molecular formula is C40H57NO2. The molecule has 0 spiro atoms. The number of aryl methyl sites for hydroxylation is 2. The Morgan fingerprint density at radius 2 is 1.19 bits per heavy atom. The molecule has 4 aromatic carbocycles. The highest BCUT2D eigenvalue weighted by Crippen LogP contribution is 2.27. The van der Waals surface area contributed by atoms with Crippen LogP contribution in [0.4, 0.5) is 0 Å². The fourth-order valence-electron chi connectivity index (χ4n) is 3.68. The normalized spacial score (nSPS) is 10.3. The fraction of sp³-hybridized carbons (Fsp3) is 0.350. The number of benzene rings is 4. The van der Waals surface area contributed by atoms with Gasteiger partial charge in [-0.2, -0.15) is 0 Å². The van der Waals surface area contributed by atoms with Gasteiger partial charge in [-0.15, -0.1) is 6.58 Å². The molecular weight excluding hydrogens is 526 g/mol. The summed E-state index contributed by atoms with van der Waals surface area (Å²) in [5.74, 6) is 2.17. The van der Waals surface area contributed by atoms with Crippen LogP contribution in [0.25, 0.3) is 0 Å². The first kappa shape index (κ1) is 39.2. The second-order valence-corrected chi connectivity index (χ2v) is 10.7. The van der Waals surface area contributed by atoms with E-state index in [1.54, 1.807) is 12.1 Å². The van der Waals surface area contributed by atoms with Crippen molar-refractivity contribution in [2.45, 2.75) is 74.5 Å². The molecule has 3 nitrogen and oxygen atoms in total. The molecule has 0 amide bonds. The molecule has 0 saturated carbocycles. The average Bonchev–Trinajstić information content (AvgIpc) is 3.00. The van der Waals surface area contributed by atoms with E-state index >= 15 is 0 Å². The Hall–Kier alpha value is -3.82. The van der Waals surface area contributed by atoms with Crippen molar-refractivity contribution >= 4 is 0 Å². The van der Waals surface area contributed by atoms with Crippen LogP contribution in [0.2, 0.25) is 0 Å². The van der Waals surface area contributed by atoms with Gasteiger partial charge in [0, 0.05) is 19.5 Å². The van der Waals surface area contributed by atoms with E-state index in [9.17, 15) is 0 Å². The van der Waals surface area contributed by atoms with Crippen LogP contribution < -0.4 is 4.74 Å². The summed E-state index contributed by atoms with van der Waals surface area (Å²) in [6.07, 6.45) is 2.75. The zero-order valence-corrected chi connectivity index (χ0v) is 28.3. The zero-order valence-electron chi connectivity index (χ0n) is 28.3. The van der Waals surface area contributed by atoms with Gasteiger partial charge in [-0.1, -0.05) is 138 Å². The second kappa shape index (κ2) is 24.7. The maximum Gasteiger partial charge on any atom is 0.125 e. The molecule has 4 aromatic rings. The van der Waals surface area contributed by atoms with Crippen molar-refractivity contribution in [2.24, 2.45) is 5.92 Å². The van der Waals surface area contributed by atoms with Crippen LogP contribution in [-0.4, -0.2) is 23.6 Å². The molecule has 0 radical (unpaired) electrons. The largest absolute Gasteiger partial charge is 0.508 e. The number of rotatable bonds is 8. The molecule has 0 bridgehead atoms. The highest BCUT2D eigenvalue weighted by Gasteiger charge is 2.15. The Kier molecular flexibility index (Phi) is 22.5. The Balaban J connectivity index is 0.000000851. The number of hydrogen-bond acceptors (Lipinski definition) is 3. The van der Waals surface area contributed by atoms with E-state index < -0.39 is 0 Å². The second-order valence-electron chi connectivity index (χ2n) is 10.7. The van der Waals surface area contributed by atoms with Crippen molar-refractivity contribution in [1.82, 2.24) is 4.90 Å². The highest BCUT2D eigenvalue weighted by molar-refractivity contribution is 5.33. The lowest BCUT2D eigenvalue weighted by molar-refractivity contribution is 0.170. The smallest absolute Gasteiger partial charge is 0.125 e. The molecule has 0 aliphatic rings. The van der Waals surface area contributed by atoms with Crippen LogP contribution >= 0.6 is 0 Å². The van der Waals surface area contributed by atoms with E-state index in [2.05, 4.69) is 119 Å². The Labute approximate surface area is 263 Å². The monoisotopic (exact) mass is 583 g/mol. The van der Waals surface area contributed by atoms with Crippen molar-refractivity contribution in [3.05, 3.63) is 144 Å². The van der Waals surface area contributed by atoms with E-state index in [0.29, 0.717) is 5.75 Å². The van der Waals surface area contributed by atoms with E-state index in [4.69, 9.17) is 9.84 Å². The number of phenols is 1. The number of phenolic OH excluding ortho intramolecular Hbond substituents is 1. The van der Waals surface area contributed by atoms with Crippen molar-refractivity contribution < 1.29 is 9.84 Å². The number of hydrogen-bond donors (Lipinski definition) is 1. The average molecular weight is 584 g/mol. The molecule has 234 valence electrons. The summed E-state index contributed by atoms with van der Waals surface area (Å²) < 4.78 is 6.41. The van der Waals surface area contributed by atoms with Crippen LogP contribution in [0.15, 0.2) is 122 Å². The van der Waals surface area contributed by atoms with E-state index in [-0.39, 0.29) is 6.10 Å². The van der Waals surface area contributed by atoms with Gasteiger partial charge < -0.3 is 14.7 Å². The first-order valence-electron chi connectivity index (χ1n) is 15.5. The molecule has 0 aromatic heterocycles. The minimum Gasteiger partial charge on any atom is -0.508 e. The molecule has 0 aliphatic carbocycles. The first-order valence-corrected chi connectivity index (χ1v) is 15.5. The lowest BCUT2D eigenvalue weighted by atomic mass is 10.1. The van der Waals surface area contributed by atoms with E-state index in [1.807, 2.05) is 58.0 Å². The van der Waals surface area contributed by atoms with Crippen LogP contribution in [0, 0.1) is 19.8 Å². The summed E-state index contributed by atoms with van der Waals surface area (Å²) in [6.45, 7) is 21.6. The molecule has 43 heavy (non-hydrogen) atoms. The summed E-state index contributed by atoms with van der Waals surface area (Å²) >= 11 is 0. The van der Waals surface area contributed by atoms with Crippen molar-refractivity contribution in [3.8, 4) is 11.5 Å². The Bertz CT molecular complexity index is 1180. The molecule has 0 fully saturated rings. The Morgan fingerprint density at radius 1 is 0.744 bits per heavy atom.